The van der Waals surface area contributed by atoms with Gasteiger partial charge in [0.1, 0.15) is 22.2 Å². The predicted molar refractivity (Wildman–Crippen MR) is 82.4 cm³/mol. The van der Waals surface area contributed by atoms with Gasteiger partial charge in [-0.3, -0.25) is 0 Å². The van der Waals surface area contributed by atoms with Gasteiger partial charge in [-0.25, -0.2) is 17.6 Å². The van der Waals surface area contributed by atoms with Crippen LogP contribution in [0.5, 0.6) is 11.5 Å². The van der Waals surface area contributed by atoms with E-state index in [0.717, 1.165) is 12.3 Å². The van der Waals surface area contributed by atoms with E-state index in [-0.39, 0.29) is 22.0 Å². The van der Waals surface area contributed by atoms with Crippen LogP contribution in [-0.2, 0) is 16.3 Å². The van der Waals surface area contributed by atoms with Gasteiger partial charge in [0.05, 0.1) is 5.56 Å². The number of carboxylic acid groups (broad SMARTS) is 1. The molecule has 0 aliphatic carbocycles. The van der Waals surface area contributed by atoms with Gasteiger partial charge in [-0.15, -0.1) is 0 Å². The van der Waals surface area contributed by atoms with E-state index in [1.807, 2.05) is 0 Å². The van der Waals surface area contributed by atoms with Crippen LogP contribution in [-0.4, -0.2) is 25.7 Å². The third-order valence-electron chi connectivity index (χ3n) is 3.22. The van der Waals surface area contributed by atoms with E-state index in [1.54, 1.807) is 6.92 Å². The Morgan fingerprint density at radius 1 is 1.22 bits per heavy atom. The molecule has 0 atom stereocenters. The zero-order valence-electron chi connectivity index (χ0n) is 12.5. The fourth-order valence-corrected chi connectivity index (χ4v) is 2.89. The van der Waals surface area contributed by atoms with Gasteiger partial charge in [0.2, 0.25) is 0 Å². The number of ether oxygens (including phenoxy) is 1. The minimum atomic E-state index is -3.71. The van der Waals surface area contributed by atoms with Gasteiger partial charge in [0.15, 0.2) is 9.84 Å². The van der Waals surface area contributed by atoms with Crippen LogP contribution in [0.15, 0.2) is 41.3 Å². The number of aryl methyl sites for hydroxylation is 1. The lowest BCUT2D eigenvalue weighted by Crippen LogP contribution is -2.08. The summed E-state index contributed by atoms with van der Waals surface area (Å²) < 4.78 is 42.3. The van der Waals surface area contributed by atoms with Crippen molar-refractivity contribution in [3.63, 3.8) is 0 Å². The fourth-order valence-electron chi connectivity index (χ4n) is 2.09. The molecule has 0 bridgehead atoms. The molecule has 2 aromatic rings. The summed E-state index contributed by atoms with van der Waals surface area (Å²) in [5.74, 6) is -1.39. The van der Waals surface area contributed by atoms with Crippen LogP contribution < -0.4 is 4.74 Å². The Morgan fingerprint density at radius 3 is 2.30 bits per heavy atom. The van der Waals surface area contributed by atoms with Crippen molar-refractivity contribution >= 4 is 15.8 Å². The van der Waals surface area contributed by atoms with Crippen molar-refractivity contribution in [1.82, 2.24) is 0 Å². The number of sulfone groups is 1. The van der Waals surface area contributed by atoms with Gasteiger partial charge in [-0.1, -0.05) is 6.92 Å². The third kappa shape index (κ3) is 3.87. The lowest BCUT2D eigenvalue weighted by atomic mass is 10.0. The summed E-state index contributed by atoms with van der Waals surface area (Å²) in [5, 5.41) is 9.22. The molecule has 122 valence electrons. The quantitative estimate of drug-likeness (QED) is 0.905. The van der Waals surface area contributed by atoms with E-state index in [2.05, 4.69) is 0 Å². The normalized spacial score (nSPS) is 11.3. The van der Waals surface area contributed by atoms with Gasteiger partial charge in [-0.05, 0) is 48.4 Å². The van der Waals surface area contributed by atoms with Crippen LogP contribution in [0.2, 0.25) is 0 Å². The molecule has 0 radical (unpaired) electrons. The molecule has 2 aromatic carbocycles. The highest BCUT2D eigenvalue weighted by molar-refractivity contribution is 7.90. The van der Waals surface area contributed by atoms with Crippen molar-refractivity contribution in [3.8, 4) is 11.5 Å². The zero-order chi connectivity index (χ0) is 17.2. The topological polar surface area (TPSA) is 80.7 Å². The van der Waals surface area contributed by atoms with Crippen molar-refractivity contribution in [3.05, 3.63) is 53.3 Å². The summed E-state index contributed by atoms with van der Waals surface area (Å²) in [6.45, 7) is 1.75. The first-order valence-electron chi connectivity index (χ1n) is 6.76. The van der Waals surface area contributed by atoms with E-state index >= 15 is 0 Å². The van der Waals surface area contributed by atoms with E-state index in [4.69, 9.17) is 4.74 Å². The smallest absolute Gasteiger partial charge is 0.336 e. The Hall–Kier alpha value is -2.41. The standard InChI is InChI=1S/C16H15FO5S/c1-3-10-8-14(22-12-6-4-11(17)5-7-12)15(23(2,20)21)9-13(10)16(18)19/h4-9H,3H2,1-2H3,(H,18,19). The highest BCUT2D eigenvalue weighted by Gasteiger charge is 2.21. The van der Waals surface area contributed by atoms with Crippen LogP contribution in [0.1, 0.15) is 22.8 Å². The van der Waals surface area contributed by atoms with E-state index in [0.29, 0.717) is 12.0 Å². The average Bonchev–Trinajstić information content (AvgIpc) is 2.47. The monoisotopic (exact) mass is 338 g/mol. The van der Waals surface area contributed by atoms with E-state index in [9.17, 15) is 22.7 Å². The maximum absolute atomic E-state index is 12.9. The molecule has 0 saturated heterocycles. The summed E-state index contributed by atoms with van der Waals surface area (Å²) in [6, 6.07) is 7.57. The molecule has 0 aliphatic heterocycles. The Kier molecular flexibility index (Phi) is 4.70. The molecule has 0 amide bonds. The van der Waals surface area contributed by atoms with Crippen LogP contribution in [0.4, 0.5) is 4.39 Å². The summed E-state index contributed by atoms with van der Waals surface area (Å²) in [4.78, 5) is 11.1. The molecule has 0 heterocycles. The lowest BCUT2D eigenvalue weighted by molar-refractivity contribution is 0.0695. The molecule has 2 rings (SSSR count). The van der Waals surface area contributed by atoms with Crippen LogP contribution in [0.3, 0.4) is 0 Å². The first-order chi connectivity index (χ1) is 10.7. The lowest BCUT2D eigenvalue weighted by Gasteiger charge is -2.14. The van der Waals surface area contributed by atoms with Gasteiger partial charge in [-0.2, -0.15) is 0 Å². The van der Waals surface area contributed by atoms with Crippen LogP contribution in [0.25, 0.3) is 0 Å². The van der Waals surface area contributed by atoms with E-state index in [1.165, 1.54) is 30.3 Å². The van der Waals surface area contributed by atoms with Gasteiger partial charge in [0, 0.05) is 6.26 Å². The largest absolute Gasteiger partial charge is 0.478 e. The third-order valence-corrected chi connectivity index (χ3v) is 4.34. The molecule has 23 heavy (non-hydrogen) atoms. The fraction of sp³-hybridized carbons (Fsp3) is 0.188. The number of carbonyl (C=O) groups is 1. The summed E-state index contributed by atoms with van der Waals surface area (Å²) in [6.07, 6.45) is 1.36. The van der Waals surface area contributed by atoms with Crippen molar-refractivity contribution < 1.29 is 27.4 Å². The van der Waals surface area contributed by atoms with Gasteiger partial charge >= 0.3 is 5.97 Å². The second-order valence-corrected chi connectivity index (χ2v) is 6.93. The van der Waals surface area contributed by atoms with Crippen molar-refractivity contribution in [2.45, 2.75) is 18.2 Å². The summed E-state index contributed by atoms with van der Waals surface area (Å²) in [7, 11) is -3.71. The molecule has 5 nitrogen and oxygen atoms in total. The number of halogens is 1. The van der Waals surface area contributed by atoms with Crippen LogP contribution >= 0.6 is 0 Å². The number of hydrogen-bond acceptors (Lipinski definition) is 4. The molecule has 0 aliphatic rings. The molecule has 0 aromatic heterocycles. The molecule has 0 fully saturated rings. The van der Waals surface area contributed by atoms with E-state index < -0.39 is 21.6 Å². The molecule has 0 saturated carbocycles. The molecule has 0 unspecified atom stereocenters. The molecule has 1 N–H and O–H groups in total. The minimum absolute atomic E-state index is 0.0148. The molecule has 7 heteroatoms. The Morgan fingerprint density at radius 2 is 1.83 bits per heavy atom. The Bertz CT molecular complexity index is 842. The number of aromatic carboxylic acids is 1. The zero-order valence-corrected chi connectivity index (χ0v) is 13.4. The average molecular weight is 338 g/mol. The second-order valence-electron chi connectivity index (χ2n) is 4.94. The maximum Gasteiger partial charge on any atom is 0.336 e. The van der Waals surface area contributed by atoms with Crippen molar-refractivity contribution in [1.29, 1.82) is 0 Å². The van der Waals surface area contributed by atoms with Crippen molar-refractivity contribution in [2.24, 2.45) is 0 Å². The number of carboxylic acids is 1. The molecular weight excluding hydrogens is 323 g/mol. The maximum atomic E-state index is 12.9. The molecular formula is C16H15FO5S. The van der Waals surface area contributed by atoms with Gasteiger partial charge < -0.3 is 9.84 Å². The predicted octanol–water partition coefficient (Wildman–Crippen LogP) is 3.28. The summed E-state index contributed by atoms with van der Waals surface area (Å²) >= 11 is 0. The highest BCUT2D eigenvalue weighted by Crippen LogP contribution is 2.32. The van der Waals surface area contributed by atoms with Crippen molar-refractivity contribution in [2.75, 3.05) is 6.26 Å². The SMILES string of the molecule is CCc1cc(Oc2ccc(F)cc2)c(S(C)(=O)=O)cc1C(=O)O. The summed E-state index contributed by atoms with van der Waals surface area (Å²) in [5.41, 5.74) is 0.362. The number of benzene rings is 2. The first kappa shape index (κ1) is 17.0. The second kappa shape index (κ2) is 6.37. The number of hydrogen-bond donors (Lipinski definition) is 1. The minimum Gasteiger partial charge on any atom is -0.478 e. The number of rotatable bonds is 5. The Labute approximate surface area is 133 Å². The van der Waals surface area contributed by atoms with Gasteiger partial charge in [0.25, 0.3) is 0 Å². The highest BCUT2D eigenvalue weighted by atomic mass is 32.2. The van der Waals surface area contributed by atoms with Crippen LogP contribution in [0, 0.1) is 5.82 Å². The first-order valence-corrected chi connectivity index (χ1v) is 8.65. The molecule has 0 spiro atoms. The Balaban J connectivity index is 2.60.